The van der Waals surface area contributed by atoms with Crippen LogP contribution in [-0.2, 0) is 140 Å². The number of nitrogens with two attached hydrogens (primary N) is 1. The third kappa shape index (κ3) is 29.4. The Morgan fingerprint density at radius 1 is 0.622 bits per heavy atom. The van der Waals surface area contributed by atoms with Crippen LogP contribution in [0.25, 0.3) is 22.3 Å². The number of hydrogen-bond donors (Lipinski definition) is 14. The van der Waals surface area contributed by atoms with E-state index in [1.54, 1.807) is 27.7 Å². The summed E-state index contributed by atoms with van der Waals surface area (Å²) >= 11 is 0. The maximum absolute atomic E-state index is 15.9. The summed E-state index contributed by atoms with van der Waals surface area (Å²) in [5.41, 5.74) is 5.14. The van der Waals surface area contributed by atoms with Gasteiger partial charge in [-0.1, -0.05) is 32.9 Å². The highest BCUT2D eigenvalue weighted by Gasteiger charge is 2.47. The lowest BCUT2D eigenvalue weighted by atomic mass is 9.81. The SMILES string of the molecule is CC[C@@]1(O)C(=O)OCc2c1cc1n(c2=O)Cc2c-1nc1cc(F)c(C)c3c1c2[C@@H](NC(=O)O[C@H](CNC(=O)CC[C@H](NC(=O)COCCOCCNC(=O)CCN1C(=O)C=CC1=O)C(=O)NCC(=O)N(C)CC(=O)NCC(=O)N(C)CC(=O)NCC(=O)N(C)CC(=O)NCC(=O)N(C)CC(=O)NCC(=O)N(C)CC(N)=O)c1ccc(NC(=O)[C@H](C)NC(=O)[C@@H](NC(C)=O)C(C)C)cc1)CC3. The maximum Gasteiger partial charge on any atom is 0.408 e. The zero-order valence-corrected chi connectivity index (χ0v) is 76.4. The number of amides is 20. The number of alkyl carbamates (subject to hydrolysis) is 1. The van der Waals surface area contributed by atoms with Gasteiger partial charge in [-0.3, -0.25) is 101 Å². The third-order valence-corrected chi connectivity index (χ3v) is 22.2. The number of halogens is 1. The number of likely N-dealkylation sites (N-methyl/N-ethyl adjacent to an activating group) is 5. The summed E-state index contributed by atoms with van der Waals surface area (Å²) < 4.78 is 39.7. The molecule has 5 heterocycles. The fourth-order valence-corrected chi connectivity index (χ4v) is 14.5. The number of nitrogens with one attached hydrogen (secondary N) is 12. The molecule has 3 aliphatic heterocycles. The Kier molecular flexibility index (Phi) is 38.0. The van der Waals surface area contributed by atoms with Crippen LogP contribution in [0.2, 0.25) is 0 Å². The number of hydrogen-bond acceptors (Lipinski definition) is 28. The van der Waals surface area contributed by atoms with Crippen molar-refractivity contribution in [1.82, 2.24) is 97.4 Å². The fourth-order valence-electron chi connectivity index (χ4n) is 14.5. The first kappa shape index (κ1) is 106. The quantitative estimate of drug-likeness (QED) is 0.00979. The van der Waals surface area contributed by atoms with Crippen molar-refractivity contribution in [1.29, 1.82) is 0 Å². The number of aromatic nitrogens is 2. The molecule has 4 aliphatic rings. The van der Waals surface area contributed by atoms with Crippen LogP contribution in [0.5, 0.6) is 0 Å². The van der Waals surface area contributed by atoms with Crippen molar-refractivity contribution in [3.05, 3.63) is 104 Å². The van der Waals surface area contributed by atoms with Crippen LogP contribution in [0.15, 0.2) is 53.3 Å². The number of fused-ring (bicyclic) bond motifs is 5. The molecule has 0 unspecified atom stereocenters. The van der Waals surface area contributed by atoms with Crippen LogP contribution >= 0.6 is 0 Å². The van der Waals surface area contributed by atoms with Gasteiger partial charge in [0.15, 0.2) is 5.60 Å². The topological polar surface area (TPSA) is 640 Å². The average molecular weight is 1890 g/mol. The number of nitrogens with zero attached hydrogens (tertiary/aromatic N) is 8. The van der Waals surface area contributed by atoms with E-state index in [1.165, 1.54) is 90.1 Å². The van der Waals surface area contributed by atoms with Crippen molar-refractivity contribution in [2.24, 2.45) is 11.7 Å². The molecule has 0 saturated carbocycles. The molecule has 0 spiro atoms. The minimum Gasteiger partial charge on any atom is -0.458 e. The molecule has 6 atom stereocenters. The zero-order chi connectivity index (χ0) is 99.6. The van der Waals surface area contributed by atoms with Crippen molar-refractivity contribution in [2.75, 3.05) is 152 Å². The van der Waals surface area contributed by atoms with Crippen LogP contribution < -0.4 is 75.1 Å². The summed E-state index contributed by atoms with van der Waals surface area (Å²) in [6, 6.07) is 3.84. The number of rotatable bonds is 48. The minimum absolute atomic E-state index is 0.0193. The zero-order valence-electron chi connectivity index (χ0n) is 76.4. The van der Waals surface area contributed by atoms with Crippen LogP contribution in [0.4, 0.5) is 14.9 Å². The summed E-state index contributed by atoms with van der Waals surface area (Å²) in [5, 5.41) is 42.2. The molecule has 8 rings (SSSR count). The number of pyridine rings is 2. The van der Waals surface area contributed by atoms with E-state index in [0.717, 1.165) is 41.6 Å². The summed E-state index contributed by atoms with van der Waals surface area (Å²) in [6.07, 6.45) is -1.32. The summed E-state index contributed by atoms with van der Waals surface area (Å²) in [6.45, 7) is 0.956. The van der Waals surface area contributed by atoms with Crippen molar-refractivity contribution in [3.8, 4) is 11.4 Å². The number of cyclic esters (lactones) is 1. The number of carbonyl (C=O) groups is 21. The van der Waals surface area contributed by atoms with E-state index in [2.05, 4.69) is 63.8 Å². The van der Waals surface area contributed by atoms with Gasteiger partial charge < -0.3 is 123 Å². The minimum atomic E-state index is -2.19. The first-order valence-electron chi connectivity index (χ1n) is 42.9. The molecule has 20 amide bonds. The van der Waals surface area contributed by atoms with Crippen LogP contribution in [-0.4, -0.2) is 333 Å². The molecule has 15 N–H and O–H groups in total. The summed E-state index contributed by atoms with van der Waals surface area (Å²) in [7, 11) is 6.13. The molecular weight excluding hydrogens is 1780 g/mol. The van der Waals surface area contributed by atoms with Gasteiger partial charge in [-0.25, -0.2) is 19.0 Å². The first-order chi connectivity index (χ1) is 63.8. The molecule has 4 aromatic rings. The average Bonchev–Trinajstić information content (AvgIpc) is 1.56. The molecule has 1 aliphatic carbocycles. The predicted molar refractivity (Wildman–Crippen MR) is 469 cm³/mol. The fraction of sp³-hybridized carbons (Fsp3) is 0.500. The number of imide groups is 1. The number of ether oxygens (including phenoxy) is 4. The second-order valence-electron chi connectivity index (χ2n) is 32.6. The molecule has 730 valence electrons. The first-order valence-corrected chi connectivity index (χ1v) is 42.9. The molecule has 0 radical (unpaired) electrons. The van der Waals surface area contributed by atoms with E-state index in [0.29, 0.717) is 27.6 Å². The highest BCUT2D eigenvalue weighted by Crippen LogP contribution is 2.46. The third-order valence-electron chi connectivity index (χ3n) is 22.2. The van der Waals surface area contributed by atoms with Gasteiger partial charge >= 0.3 is 12.1 Å². The normalized spacial score (nSPS) is 15.1. The molecule has 135 heavy (non-hydrogen) atoms. The van der Waals surface area contributed by atoms with Gasteiger partial charge in [0, 0.05) is 109 Å². The van der Waals surface area contributed by atoms with Crippen molar-refractivity contribution in [3.63, 3.8) is 0 Å². The molecule has 0 saturated heterocycles. The number of aryl methyl sites for hydroxylation is 1. The maximum atomic E-state index is 15.9. The second-order valence-corrected chi connectivity index (χ2v) is 32.6. The number of aliphatic hydroxyl groups is 1. The van der Waals surface area contributed by atoms with Gasteiger partial charge in [0.2, 0.25) is 100 Å². The molecule has 2 aromatic carbocycles. The molecule has 0 fully saturated rings. The number of anilines is 1. The Labute approximate surface area is 772 Å². The highest BCUT2D eigenvalue weighted by atomic mass is 19.1. The largest absolute Gasteiger partial charge is 0.458 e. The number of carbonyl (C=O) groups excluding carboxylic acids is 21. The Hall–Kier alpha value is -14.8. The van der Waals surface area contributed by atoms with Crippen LogP contribution in [0.3, 0.4) is 0 Å². The summed E-state index contributed by atoms with van der Waals surface area (Å²) in [5.74, 6) is -15.8. The van der Waals surface area contributed by atoms with E-state index in [4.69, 9.17) is 29.7 Å². The monoisotopic (exact) mass is 1890 g/mol. The van der Waals surface area contributed by atoms with E-state index < -0.39 is 263 Å². The lowest BCUT2D eigenvalue weighted by Crippen LogP contribution is -2.53. The Morgan fingerprint density at radius 2 is 1.16 bits per heavy atom. The van der Waals surface area contributed by atoms with Crippen molar-refractivity contribution in [2.45, 2.75) is 129 Å². The van der Waals surface area contributed by atoms with E-state index >= 15 is 4.39 Å². The van der Waals surface area contributed by atoms with Gasteiger partial charge in [-0.05, 0) is 85.9 Å². The molecule has 48 nitrogen and oxygen atoms in total. The second kappa shape index (κ2) is 48.6. The van der Waals surface area contributed by atoms with Gasteiger partial charge in [0.1, 0.15) is 43.3 Å². The van der Waals surface area contributed by atoms with E-state index in [1.807, 2.05) is 0 Å². The van der Waals surface area contributed by atoms with E-state index in [-0.39, 0.29) is 117 Å². The number of esters is 1. The Morgan fingerprint density at radius 3 is 1.69 bits per heavy atom. The molecule has 49 heteroatoms. The molecule has 2 aromatic heterocycles. The molecular formula is C86H112FN21O27. The van der Waals surface area contributed by atoms with Crippen molar-refractivity contribution >= 4 is 141 Å². The number of primary amides is 1. The lowest BCUT2D eigenvalue weighted by Gasteiger charge is -2.31. The van der Waals surface area contributed by atoms with Crippen molar-refractivity contribution < 1.29 is 129 Å². The molecule has 0 bridgehead atoms. The standard InChI is InChI=1S/C86H112FN21O27/c1-12-86(131)54-29-59-79-52(37-108(59)83(128)53(54)43-134-84(86)129)77-56(18-17-51-46(4)55(87)30-58(100-79)76(51)77)101-85(130)135-60(49-13-15-50(16-14-49)98-80(125)47(5)96-82(127)78(45(2)3)97-48(6)109)31-90-62(111)20-19-57(99-68(117)44-133-28-27-132-26-24-89-63(112)23-25-107-69(118)21-22-70(107)119)81(126)95-36-75(124)106(11)42-67(116)94-35-74(123)105(10)41-66(115)93-34-73(122)104(9)40-65(114)92-33-72(121)103(8)39-64(113)91-32-71(120)102(7)38-61(88)110/h13-16,21-22,29-30,45,47,56-57,60,78,131H,12,17-20,23-28,31-44H2,1-11H3,(H2,88,110)(H,89,112)(H,90,111)(H,91,113)(H,92,114)(H,93,115)(H,94,116)(H,95,126)(H,96,127)(H,97,109)(H,98,125)(H,99,117)(H,101,130)/t47-,56-,57-,60+,78-,86-/m0/s1. The predicted octanol–water partition coefficient (Wildman–Crippen LogP) is -6.21. The van der Waals surface area contributed by atoms with Crippen LogP contribution in [0.1, 0.15) is 118 Å². The van der Waals surface area contributed by atoms with Gasteiger partial charge in [0.25, 0.3) is 17.4 Å². The van der Waals surface area contributed by atoms with Gasteiger partial charge in [-0.2, -0.15) is 0 Å². The Bertz CT molecular complexity index is 5380. The smallest absolute Gasteiger partial charge is 0.408 e. The van der Waals surface area contributed by atoms with Gasteiger partial charge in [-0.15, -0.1) is 0 Å². The van der Waals surface area contributed by atoms with Gasteiger partial charge in [0.05, 0.1) is 127 Å². The highest BCUT2D eigenvalue weighted by molar-refractivity contribution is 6.13. The number of benzene rings is 2. The van der Waals surface area contributed by atoms with E-state index in [9.17, 15) is 111 Å². The van der Waals surface area contributed by atoms with Crippen LogP contribution in [0, 0.1) is 18.7 Å². The Balaban J connectivity index is 0.894. The summed E-state index contributed by atoms with van der Waals surface area (Å²) in [4.78, 5) is 295. The lowest BCUT2D eigenvalue weighted by molar-refractivity contribution is -0.172.